The van der Waals surface area contributed by atoms with Crippen LogP contribution in [0, 0.1) is 5.41 Å². The number of benzene rings is 1. The van der Waals surface area contributed by atoms with E-state index >= 15 is 0 Å². The van der Waals surface area contributed by atoms with Gasteiger partial charge in [-0.3, -0.25) is 0 Å². The highest BCUT2D eigenvalue weighted by atomic mass is 16.5. The van der Waals surface area contributed by atoms with Gasteiger partial charge in [0, 0.05) is 6.54 Å². The van der Waals surface area contributed by atoms with E-state index in [1.807, 2.05) is 6.07 Å². The average Bonchev–Trinajstić information content (AvgIpc) is 2.39. The fraction of sp³-hybridized carbons (Fsp3) is 0.600. The Morgan fingerprint density at radius 2 is 2.00 bits per heavy atom. The summed E-state index contributed by atoms with van der Waals surface area (Å²) in [5.41, 5.74) is 1.68. The first-order valence-corrected chi connectivity index (χ1v) is 6.58. The zero-order chi connectivity index (χ0) is 13.0. The van der Waals surface area contributed by atoms with Crippen LogP contribution in [-0.2, 0) is 6.42 Å². The Balaban J connectivity index is 2.13. The average molecular weight is 249 g/mol. The third-order valence-electron chi connectivity index (χ3n) is 3.76. The molecule has 1 saturated heterocycles. The predicted octanol–water partition coefficient (Wildman–Crippen LogP) is 2.64. The molecule has 0 bridgehead atoms. The highest BCUT2D eigenvalue weighted by Crippen LogP contribution is 2.33. The molecule has 1 unspecified atom stereocenters. The number of hydrogen-bond donors (Lipinski definition) is 1. The molecule has 0 aromatic heterocycles. The van der Waals surface area contributed by atoms with Crippen LogP contribution >= 0.6 is 0 Å². The van der Waals surface area contributed by atoms with Crippen LogP contribution in [0.15, 0.2) is 18.2 Å². The van der Waals surface area contributed by atoms with Crippen molar-refractivity contribution in [1.29, 1.82) is 0 Å². The molecule has 1 aliphatic rings. The lowest BCUT2D eigenvalue weighted by Crippen LogP contribution is -2.39. The number of methoxy groups -OCH3 is 2. The minimum Gasteiger partial charge on any atom is -0.493 e. The second kappa shape index (κ2) is 5.61. The maximum atomic E-state index is 5.36. The third-order valence-corrected chi connectivity index (χ3v) is 3.76. The van der Waals surface area contributed by atoms with Crippen molar-refractivity contribution in [2.24, 2.45) is 5.41 Å². The molecule has 0 spiro atoms. The molecule has 18 heavy (non-hydrogen) atoms. The molecule has 1 aromatic rings. The van der Waals surface area contributed by atoms with Crippen molar-refractivity contribution in [3.05, 3.63) is 23.8 Å². The topological polar surface area (TPSA) is 30.5 Å². The summed E-state index contributed by atoms with van der Waals surface area (Å²) in [6.07, 6.45) is 3.64. The monoisotopic (exact) mass is 249 g/mol. The molecule has 2 rings (SSSR count). The summed E-state index contributed by atoms with van der Waals surface area (Å²) in [6.45, 7) is 4.61. The van der Waals surface area contributed by atoms with Gasteiger partial charge >= 0.3 is 0 Å². The van der Waals surface area contributed by atoms with Crippen molar-refractivity contribution < 1.29 is 9.47 Å². The quantitative estimate of drug-likeness (QED) is 0.890. The molecule has 3 heteroatoms. The summed E-state index contributed by atoms with van der Waals surface area (Å²) < 4.78 is 10.6. The predicted molar refractivity (Wildman–Crippen MR) is 73.5 cm³/mol. The normalized spacial score (nSPS) is 23.7. The zero-order valence-electron chi connectivity index (χ0n) is 11.6. The molecule has 100 valence electrons. The molecule has 1 heterocycles. The lowest BCUT2D eigenvalue weighted by molar-refractivity contribution is 0.234. The Morgan fingerprint density at radius 1 is 1.22 bits per heavy atom. The molecule has 1 aliphatic heterocycles. The van der Waals surface area contributed by atoms with Gasteiger partial charge in [0.2, 0.25) is 0 Å². The van der Waals surface area contributed by atoms with Crippen LogP contribution in [0.4, 0.5) is 0 Å². The first kappa shape index (κ1) is 13.2. The molecular weight excluding hydrogens is 226 g/mol. The summed E-state index contributed by atoms with van der Waals surface area (Å²) in [6, 6.07) is 6.23. The largest absolute Gasteiger partial charge is 0.493 e. The standard InChI is InChI=1S/C15H23NO2/c1-15(7-4-8-16-11-15)10-12-5-6-13(17-2)14(9-12)18-3/h5-6,9,16H,4,7-8,10-11H2,1-3H3. The minimum atomic E-state index is 0.359. The van der Waals surface area contributed by atoms with E-state index in [2.05, 4.69) is 24.4 Å². The molecule has 0 amide bonds. The van der Waals surface area contributed by atoms with Crippen LogP contribution in [0.5, 0.6) is 11.5 Å². The van der Waals surface area contributed by atoms with E-state index in [0.717, 1.165) is 31.0 Å². The van der Waals surface area contributed by atoms with E-state index in [-0.39, 0.29) is 0 Å². The van der Waals surface area contributed by atoms with Crippen LogP contribution in [0.1, 0.15) is 25.3 Å². The Hall–Kier alpha value is -1.22. The van der Waals surface area contributed by atoms with Crippen molar-refractivity contribution >= 4 is 0 Å². The number of nitrogens with one attached hydrogen (secondary N) is 1. The summed E-state index contributed by atoms with van der Waals surface area (Å²) >= 11 is 0. The maximum Gasteiger partial charge on any atom is 0.160 e. The highest BCUT2D eigenvalue weighted by molar-refractivity contribution is 5.43. The van der Waals surface area contributed by atoms with E-state index in [1.54, 1.807) is 14.2 Å². The smallest absolute Gasteiger partial charge is 0.160 e. The van der Waals surface area contributed by atoms with E-state index in [9.17, 15) is 0 Å². The molecule has 0 radical (unpaired) electrons. The van der Waals surface area contributed by atoms with Crippen molar-refractivity contribution in [3.8, 4) is 11.5 Å². The van der Waals surface area contributed by atoms with Gasteiger partial charge in [0.25, 0.3) is 0 Å². The molecule has 1 N–H and O–H groups in total. The van der Waals surface area contributed by atoms with Crippen molar-refractivity contribution in [2.75, 3.05) is 27.3 Å². The number of rotatable bonds is 4. The van der Waals surface area contributed by atoms with Crippen molar-refractivity contribution in [3.63, 3.8) is 0 Å². The Bertz CT molecular complexity index is 397. The zero-order valence-corrected chi connectivity index (χ0v) is 11.6. The summed E-state index contributed by atoms with van der Waals surface area (Å²) in [5.74, 6) is 1.62. The van der Waals surface area contributed by atoms with Crippen LogP contribution in [0.2, 0.25) is 0 Å². The lowest BCUT2D eigenvalue weighted by Gasteiger charge is -2.34. The van der Waals surface area contributed by atoms with Crippen LogP contribution < -0.4 is 14.8 Å². The van der Waals surface area contributed by atoms with Crippen LogP contribution in [0.25, 0.3) is 0 Å². The molecule has 1 aromatic carbocycles. The van der Waals surface area contributed by atoms with E-state index in [0.29, 0.717) is 5.41 Å². The van der Waals surface area contributed by atoms with Gasteiger partial charge in [0.05, 0.1) is 14.2 Å². The SMILES string of the molecule is COc1ccc(CC2(C)CCCNC2)cc1OC. The van der Waals surface area contributed by atoms with Crippen LogP contribution in [-0.4, -0.2) is 27.3 Å². The molecule has 1 fully saturated rings. The Labute approximate surface area is 109 Å². The fourth-order valence-electron chi connectivity index (χ4n) is 2.75. The first-order chi connectivity index (χ1) is 8.67. The van der Waals surface area contributed by atoms with Crippen molar-refractivity contribution in [1.82, 2.24) is 5.32 Å². The maximum absolute atomic E-state index is 5.36. The van der Waals surface area contributed by atoms with Gasteiger partial charge < -0.3 is 14.8 Å². The Kier molecular flexibility index (Phi) is 4.12. The minimum absolute atomic E-state index is 0.359. The summed E-state index contributed by atoms with van der Waals surface area (Å²) in [7, 11) is 3.36. The Morgan fingerprint density at radius 3 is 2.61 bits per heavy atom. The summed E-state index contributed by atoms with van der Waals surface area (Å²) in [4.78, 5) is 0. The molecular formula is C15H23NO2. The van der Waals surface area contributed by atoms with E-state index < -0.39 is 0 Å². The fourth-order valence-corrected chi connectivity index (χ4v) is 2.75. The van der Waals surface area contributed by atoms with E-state index in [4.69, 9.17) is 9.47 Å². The number of hydrogen-bond acceptors (Lipinski definition) is 3. The number of piperidine rings is 1. The third kappa shape index (κ3) is 2.96. The highest BCUT2D eigenvalue weighted by Gasteiger charge is 2.27. The van der Waals surface area contributed by atoms with Gasteiger partial charge in [-0.05, 0) is 48.9 Å². The van der Waals surface area contributed by atoms with Gasteiger partial charge in [-0.1, -0.05) is 13.0 Å². The molecule has 0 saturated carbocycles. The van der Waals surface area contributed by atoms with Gasteiger partial charge in [-0.2, -0.15) is 0 Å². The lowest BCUT2D eigenvalue weighted by atomic mass is 9.77. The van der Waals surface area contributed by atoms with Crippen LogP contribution in [0.3, 0.4) is 0 Å². The van der Waals surface area contributed by atoms with Crippen molar-refractivity contribution in [2.45, 2.75) is 26.2 Å². The summed E-state index contributed by atoms with van der Waals surface area (Å²) in [5, 5.41) is 3.49. The first-order valence-electron chi connectivity index (χ1n) is 6.58. The van der Waals surface area contributed by atoms with Gasteiger partial charge in [0.1, 0.15) is 0 Å². The second-order valence-electron chi connectivity index (χ2n) is 5.46. The second-order valence-corrected chi connectivity index (χ2v) is 5.46. The van der Waals surface area contributed by atoms with Gasteiger partial charge in [0.15, 0.2) is 11.5 Å². The molecule has 3 nitrogen and oxygen atoms in total. The van der Waals surface area contributed by atoms with E-state index in [1.165, 1.54) is 18.4 Å². The van der Waals surface area contributed by atoms with Gasteiger partial charge in [-0.25, -0.2) is 0 Å². The number of ether oxygens (including phenoxy) is 2. The van der Waals surface area contributed by atoms with Gasteiger partial charge in [-0.15, -0.1) is 0 Å². The molecule has 1 atom stereocenters. The molecule has 0 aliphatic carbocycles.